The van der Waals surface area contributed by atoms with Gasteiger partial charge in [0.05, 0.1) is 6.07 Å². The quantitative estimate of drug-likeness (QED) is 0.628. The van der Waals surface area contributed by atoms with E-state index in [9.17, 15) is 4.79 Å². The lowest BCUT2D eigenvalue weighted by molar-refractivity contribution is -0.138. The monoisotopic (exact) mass is 279 g/mol. The molecule has 0 spiro atoms. The molecule has 0 unspecified atom stereocenters. The van der Waals surface area contributed by atoms with Gasteiger partial charge in [0.1, 0.15) is 6.61 Å². The van der Waals surface area contributed by atoms with Crippen LogP contribution in [0.25, 0.3) is 6.08 Å². The molecule has 0 saturated heterocycles. The molecule has 106 valence electrons. The molecular weight excluding hydrogens is 262 g/mol. The summed E-state index contributed by atoms with van der Waals surface area (Å²) in [5.41, 5.74) is 1.97. The maximum atomic E-state index is 11.5. The maximum absolute atomic E-state index is 11.5. The van der Waals surface area contributed by atoms with Crippen molar-refractivity contribution in [3.05, 3.63) is 77.9 Å². The normalized spacial score (nSPS) is 9.33. The standard InChI is InChI=1S/C16H14O2.C2H3N/c17-16(12-11-14-7-3-1-4-8-14)18-13-15-9-5-2-6-10-15;1-2-3/h1-12H,13H2;1H3. The molecule has 0 atom stereocenters. The number of nitrogens with zero attached hydrogens (tertiary/aromatic N) is 1. The Morgan fingerprint density at radius 3 is 2.19 bits per heavy atom. The number of esters is 1. The fourth-order valence-corrected chi connectivity index (χ4v) is 1.51. The molecule has 0 fully saturated rings. The number of carbonyl (C=O) groups is 1. The average Bonchev–Trinajstić information content (AvgIpc) is 2.54. The van der Waals surface area contributed by atoms with Gasteiger partial charge in [-0.1, -0.05) is 60.7 Å². The Kier molecular flexibility index (Phi) is 7.71. The van der Waals surface area contributed by atoms with Crippen molar-refractivity contribution in [2.24, 2.45) is 0 Å². The highest BCUT2D eigenvalue weighted by Gasteiger charge is 1.97. The summed E-state index contributed by atoms with van der Waals surface area (Å²) in [6.45, 7) is 1.73. The van der Waals surface area contributed by atoms with Crippen LogP contribution >= 0.6 is 0 Å². The predicted molar refractivity (Wildman–Crippen MR) is 83.0 cm³/mol. The molecule has 0 aliphatic rings. The second-order valence-electron chi connectivity index (χ2n) is 4.06. The fraction of sp³-hybridized carbons (Fsp3) is 0.111. The smallest absolute Gasteiger partial charge is 0.331 e. The zero-order valence-corrected chi connectivity index (χ0v) is 11.9. The van der Waals surface area contributed by atoms with Crippen molar-refractivity contribution in [3.8, 4) is 6.07 Å². The lowest BCUT2D eigenvalue weighted by Crippen LogP contribution is -2.00. The largest absolute Gasteiger partial charge is 0.458 e. The molecule has 0 aliphatic heterocycles. The van der Waals surface area contributed by atoms with Crippen LogP contribution in [0.2, 0.25) is 0 Å². The molecule has 2 rings (SSSR count). The average molecular weight is 279 g/mol. The van der Waals surface area contributed by atoms with E-state index in [4.69, 9.17) is 10.00 Å². The van der Waals surface area contributed by atoms with Crippen molar-refractivity contribution in [1.82, 2.24) is 0 Å². The van der Waals surface area contributed by atoms with Crippen LogP contribution in [0.1, 0.15) is 18.1 Å². The van der Waals surface area contributed by atoms with Crippen molar-refractivity contribution in [2.75, 3.05) is 0 Å². The highest BCUT2D eigenvalue weighted by Crippen LogP contribution is 2.03. The van der Waals surface area contributed by atoms with Gasteiger partial charge in [-0.05, 0) is 17.2 Å². The molecule has 21 heavy (non-hydrogen) atoms. The third-order valence-corrected chi connectivity index (χ3v) is 2.44. The highest BCUT2D eigenvalue weighted by atomic mass is 16.5. The summed E-state index contributed by atoms with van der Waals surface area (Å²) < 4.78 is 5.12. The minimum absolute atomic E-state index is 0.304. The second kappa shape index (κ2) is 9.99. The van der Waals surface area contributed by atoms with Gasteiger partial charge in [0.15, 0.2) is 0 Å². The van der Waals surface area contributed by atoms with Crippen LogP contribution in [0.4, 0.5) is 0 Å². The van der Waals surface area contributed by atoms with Crippen LogP contribution in [0, 0.1) is 11.3 Å². The van der Waals surface area contributed by atoms with E-state index in [1.54, 1.807) is 12.1 Å². The zero-order valence-electron chi connectivity index (χ0n) is 11.9. The molecular formula is C18H17NO2. The molecule has 2 aromatic carbocycles. The van der Waals surface area contributed by atoms with E-state index >= 15 is 0 Å². The van der Waals surface area contributed by atoms with Crippen molar-refractivity contribution in [1.29, 1.82) is 5.26 Å². The first-order valence-corrected chi connectivity index (χ1v) is 6.51. The van der Waals surface area contributed by atoms with E-state index < -0.39 is 0 Å². The van der Waals surface area contributed by atoms with Gasteiger partial charge in [0.2, 0.25) is 0 Å². The van der Waals surface area contributed by atoms with Gasteiger partial charge in [0, 0.05) is 13.0 Å². The molecule has 2 aromatic rings. The summed E-state index contributed by atoms with van der Waals surface area (Å²) >= 11 is 0. The predicted octanol–water partition coefficient (Wildman–Crippen LogP) is 3.97. The molecule has 0 radical (unpaired) electrons. The molecule has 0 N–H and O–H groups in total. The van der Waals surface area contributed by atoms with Crippen LogP contribution in [0.3, 0.4) is 0 Å². The van der Waals surface area contributed by atoms with Crippen molar-refractivity contribution >= 4 is 12.0 Å². The van der Waals surface area contributed by atoms with Crippen LogP contribution in [0.5, 0.6) is 0 Å². The SMILES string of the molecule is CC#N.O=C(C=Cc1ccccc1)OCc1ccccc1. The van der Waals surface area contributed by atoms with E-state index in [2.05, 4.69) is 0 Å². The zero-order chi connectivity index (χ0) is 15.3. The Morgan fingerprint density at radius 2 is 1.62 bits per heavy atom. The van der Waals surface area contributed by atoms with Gasteiger partial charge in [-0.3, -0.25) is 0 Å². The Bertz CT molecular complexity index is 598. The van der Waals surface area contributed by atoms with Crippen LogP contribution in [-0.2, 0) is 16.1 Å². The summed E-state index contributed by atoms with van der Waals surface area (Å²) in [6, 6.07) is 21.0. The third-order valence-electron chi connectivity index (χ3n) is 2.44. The van der Waals surface area contributed by atoms with Gasteiger partial charge >= 0.3 is 5.97 Å². The topological polar surface area (TPSA) is 50.1 Å². The number of ether oxygens (including phenoxy) is 1. The van der Waals surface area contributed by atoms with E-state index in [0.29, 0.717) is 6.61 Å². The van der Waals surface area contributed by atoms with Crippen LogP contribution in [-0.4, -0.2) is 5.97 Å². The van der Waals surface area contributed by atoms with Crippen molar-refractivity contribution in [2.45, 2.75) is 13.5 Å². The second-order valence-corrected chi connectivity index (χ2v) is 4.06. The maximum Gasteiger partial charge on any atom is 0.331 e. The molecule has 0 aromatic heterocycles. The van der Waals surface area contributed by atoms with E-state index in [0.717, 1.165) is 11.1 Å². The van der Waals surface area contributed by atoms with E-state index in [1.165, 1.54) is 13.0 Å². The number of carbonyl (C=O) groups excluding carboxylic acids is 1. The number of rotatable bonds is 4. The van der Waals surface area contributed by atoms with Crippen molar-refractivity contribution < 1.29 is 9.53 Å². The third kappa shape index (κ3) is 7.34. The van der Waals surface area contributed by atoms with Gasteiger partial charge in [-0.25, -0.2) is 4.79 Å². The molecule has 0 bridgehead atoms. The molecule has 3 heteroatoms. The lowest BCUT2D eigenvalue weighted by atomic mass is 10.2. The Balaban J connectivity index is 0.000000677. The first kappa shape index (κ1) is 16.2. The first-order chi connectivity index (χ1) is 10.3. The summed E-state index contributed by atoms with van der Waals surface area (Å²) in [7, 11) is 0. The first-order valence-electron chi connectivity index (χ1n) is 6.51. The van der Waals surface area contributed by atoms with Gasteiger partial charge in [0.25, 0.3) is 0 Å². The molecule has 0 amide bonds. The molecule has 0 aliphatic carbocycles. The number of nitriles is 1. The summed E-state index contributed by atoms with van der Waals surface area (Å²) in [5.74, 6) is -0.331. The Morgan fingerprint density at radius 1 is 1.10 bits per heavy atom. The highest BCUT2D eigenvalue weighted by molar-refractivity contribution is 5.86. The molecule has 0 heterocycles. The summed E-state index contributed by atoms with van der Waals surface area (Å²) in [6.07, 6.45) is 3.19. The molecule has 3 nitrogen and oxygen atoms in total. The number of hydrogen-bond acceptors (Lipinski definition) is 3. The Hall–Kier alpha value is -2.86. The van der Waals surface area contributed by atoms with Gasteiger partial charge in [-0.2, -0.15) is 5.26 Å². The Labute approximate surface area is 125 Å². The fourth-order valence-electron chi connectivity index (χ4n) is 1.51. The van der Waals surface area contributed by atoms with E-state index in [-0.39, 0.29) is 5.97 Å². The minimum Gasteiger partial charge on any atom is -0.458 e. The van der Waals surface area contributed by atoms with E-state index in [1.807, 2.05) is 60.7 Å². The minimum atomic E-state index is -0.331. The number of hydrogen-bond donors (Lipinski definition) is 0. The van der Waals surface area contributed by atoms with Gasteiger partial charge in [-0.15, -0.1) is 0 Å². The lowest BCUT2D eigenvalue weighted by Gasteiger charge is -2.01. The number of benzene rings is 2. The van der Waals surface area contributed by atoms with Crippen LogP contribution < -0.4 is 0 Å². The summed E-state index contributed by atoms with van der Waals surface area (Å²) in [4.78, 5) is 11.5. The van der Waals surface area contributed by atoms with Gasteiger partial charge < -0.3 is 4.74 Å². The van der Waals surface area contributed by atoms with Crippen molar-refractivity contribution in [3.63, 3.8) is 0 Å². The molecule has 0 saturated carbocycles. The summed E-state index contributed by atoms with van der Waals surface area (Å²) in [5, 5.41) is 7.32. The van der Waals surface area contributed by atoms with Crippen LogP contribution in [0.15, 0.2) is 66.7 Å².